The molecule has 0 radical (unpaired) electrons. The summed E-state index contributed by atoms with van der Waals surface area (Å²) < 4.78 is 10.8. The molecule has 0 amide bonds. The molecule has 0 aromatic heterocycles. The van der Waals surface area contributed by atoms with E-state index in [9.17, 15) is 0 Å². The minimum atomic E-state index is 0.446. The second-order valence-corrected chi connectivity index (χ2v) is 5.89. The van der Waals surface area contributed by atoms with Crippen LogP contribution in [-0.2, 0) is 0 Å². The molecule has 2 atom stereocenters. The van der Waals surface area contributed by atoms with E-state index in [4.69, 9.17) is 21.1 Å². The third-order valence-corrected chi connectivity index (χ3v) is 4.43. The first kappa shape index (κ1) is 16.2. The highest BCUT2D eigenvalue weighted by Crippen LogP contribution is 2.40. The van der Waals surface area contributed by atoms with Gasteiger partial charge in [0.15, 0.2) is 0 Å². The average Bonchev–Trinajstić information content (AvgIpc) is 2.47. The number of anilines is 1. The molecule has 1 aromatic carbocycles. The third-order valence-electron chi connectivity index (χ3n) is 4.13. The summed E-state index contributed by atoms with van der Waals surface area (Å²) in [5, 5.41) is 4.16. The maximum atomic E-state index is 6.28. The van der Waals surface area contributed by atoms with Gasteiger partial charge in [-0.15, -0.1) is 0 Å². The van der Waals surface area contributed by atoms with Crippen LogP contribution in [0.2, 0.25) is 5.02 Å². The van der Waals surface area contributed by atoms with Crippen molar-refractivity contribution in [2.75, 3.05) is 32.2 Å². The molecule has 1 heterocycles. The van der Waals surface area contributed by atoms with Crippen LogP contribution in [0.1, 0.15) is 26.7 Å². The molecule has 1 aliphatic rings. The first-order valence-electron chi connectivity index (χ1n) is 7.52. The number of halogens is 1. The van der Waals surface area contributed by atoms with Crippen LogP contribution in [0.3, 0.4) is 0 Å². The van der Waals surface area contributed by atoms with Crippen LogP contribution in [0.4, 0.5) is 5.69 Å². The number of hydrogen-bond donors (Lipinski definition) is 1. The van der Waals surface area contributed by atoms with E-state index in [-0.39, 0.29) is 0 Å². The fourth-order valence-corrected chi connectivity index (χ4v) is 3.31. The molecule has 2 unspecified atom stereocenters. The predicted octanol–water partition coefficient (Wildman–Crippen LogP) is 3.32. The third kappa shape index (κ3) is 3.55. The largest absolute Gasteiger partial charge is 0.495 e. The van der Waals surface area contributed by atoms with E-state index in [0.29, 0.717) is 22.9 Å². The Morgan fingerprint density at radius 2 is 2.00 bits per heavy atom. The van der Waals surface area contributed by atoms with E-state index in [2.05, 4.69) is 24.1 Å². The zero-order valence-corrected chi connectivity index (χ0v) is 14.0. The summed E-state index contributed by atoms with van der Waals surface area (Å²) in [6.45, 7) is 6.43. The normalized spacial score (nSPS) is 22.2. The number of rotatable bonds is 5. The lowest BCUT2D eigenvalue weighted by atomic mass is 9.97. The van der Waals surface area contributed by atoms with Crippen LogP contribution in [-0.4, -0.2) is 39.4 Å². The van der Waals surface area contributed by atoms with E-state index in [1.165, 1.54) is 0 Å². The van der Waals surface area contributed by atoms with E-state index < -0.39 is 0 Å². The van der Waals surface area contributed by atoms with Crippen molar-refractivity contribution in [3.05, 3.63) is 17.2 Å². The highest BCUT2D eigenvalue weighted by atomic mass is 35.5. The monoisotopic (exact) mass is 312 g/mol. The molecule has 0 aliphatic carbocycles. The fraction of sp³-hybridized carbons (Fsp3) is 0.625. The Balaban J connectivity index is 2.23. The molecule has 118 valence electrons. The van der Waals surface area contributed by atoms with Gasteiger partial charge in [-0.2, -0.15) is 0 Å². The summed E-state index contributed by atoms with van der Waals surface area (Å²) in [6, 6.07) is 4.85. The van der Waals surface area contributed by atoms with Crippen molar-refractivity contribution < 1.29 is 9.47 Å². The molecule has 0 saturated carbocycles. The molecule has 1 aliphatic heterocycles. The Hall–Kier alpha value is -1.13. The van der Waals surface area contributed by atoms with Crippen molar-refractivity contribution >= 4 is 17.3 Å². The van der Waals surface area contributed by atoms with Crippen molar-refractivity contribution in [1.82, 2.24) is 5.32 Å². The van der Waals surface area contributed by atoms with Gasteiger partial charge in [0.05, 0.1) is 24.9 Å². The van der Waals surface area contributed by atoms with Gasteiger partial charge in [-0.25, -0.2) is 0 Å². The fourth-order valence-electron chi connectivity index (χ4n) is 3.07. The minimum absolute atomic E-state index is 0.446. The number of methoxy groups -OCH3 is 2. The zero-order valence-electron chi connectivity index (χ0n) is 13.3. The standard InChI is InChI=1S/C16H25ClN2O2/c1-5-18-12-6-7-19(11(2)8-12)14-9-13(17)15(20-3)10-16(14)21-4/h9-12,18H,5-8H2,1-4H3. The Bertz CT molecular complexity index is 482. The number of nitrogens with zero attached hydrogens (tertiary/aromatic N) is 1. The van der Waals surface area contributed by atoms with Crippen LogP contribution in [0.5, 0.6) is 11.5 Å². The van der Waals surface area contributed by atoms with Gasteiger partial charge < -0.3 is 19.7 Å². The van der Waals surface area contributed by atoms with Crippen molar-refractivity contribution in [1.29, 1.82) is 0 Å². The maximum Gasteiger partial charge on any atom is 0.145 e. The first-order valence-corrected chi connectivity index (χ1v) is 7.90. The molecule has 2 rings (SSSR count). The summed E-state index contributed by atoms with van der Waals surface area (Å²) in [6.07, 6.45) is 2.26. The molecule has 4 nitrogen and oxygen atoms in total. The van der Waals surface area contributed by atoms with Gasteiger partial charge in [-0.05, 0) is 32.4 Å². The van der Waals surface area contributed by atoms with Gasteiger partial charge in [0.2, 0.25) is 0 Å². The van der Waals surface area contributed by atoms with Gasteiger partial charge in [0, 0.05) is 24.7 Å². The highest BCUT2D eigenvalue weighted by molar-refractivity contribution is 6.32. The molecule has 1 N–H and O–H groups in total. The summed E-state index contributed by atoms with van der Waals surface area (Å²) in [5.74, 6) is 1.46. The van der Waals surface area contributed by atoms with E-state index in [1.807, 2.05) is 12.1 Å². The van der Waals surface area contributed by atoms with E-state index >= 15 is 0 Å². The molecular weight excluding hydrogens is 288 g/mol. The van der Waals surface area contributed by atoms with Gasteiger partial charge in [-0.3, -0.25) is 0 Å². The van der Waals surface area contributed by atoms with Crippen molar-refractivity contribution in [3.63, 3.8) is 0 Å². The summed E-state index contributed by atoms with van der Waals surface area (Å²) >= 11 is 6.28. The smallest absolute Gasteiger partial charge is 0.145 e. The number of ether oxygens (including phenoxy) is 2. The van der Waals surface area contributed by atoms with Crippen LogP contribution in [0.15, 0.2) is 12.1 Å². The summed E-state index contributed by atoms with van der Waals surface area (Å²) in [7, 11) is 3.30. The molecule has 0 spiro atoms. The van der Waals surface area contributed by atoms with Gasteiger partial charge >= 0.3 is 0 Å². The number of hydrogen-bond acceptors (Lipinski definition) is 4. The number of piperidine rings is 1. The first-order chi connectivity index (χ1) is 10.1. The minimum Gasteiger partial charge on any atom is -0.495 e. The zero-order chi connectivity index (χ0) is 15.4. The predicted molar refractivity (Wildman–Crippen MR) is 88.1 cm³/mol. The van der Waals surface area contributed by atoms with Gasteiger partial charge in [0.1, 0.15) is 11.5 Å². The van der Waals surface area contributed by atoms with E-state index in [0.717, 1.165) is 37.4 Å². The summed E-state index contributed by atoms with van der Waals surface area (Å²) in [5.41, 5.74) is 1.05. The van der Waals surface area contributed by atoms with Crippen LogP contribution in [0.25, 0.3) is 0 Å². The lowest BCUT2D eigenvalue weighted by molar-refractivity contribution is 0.364. The second-order valence-electron chi connectivity index (χ2n) is 5.48. The molecular formula is C16H25ClN2O2. The molecule has 1 fully saturated rings. The van der Waals surface area contributed by atoms with Crippen LogP contribution in [0, 0.1) is 0 Å². The van der Waals surface area contributed by atoms with Crippen LogP contribution >= 0.6 is 11.6 Å². The van der Waals surface area contributed by atoms with Crippen molar-refractivity contribution in [2.45, 2.75) is 38.8 Å². The SMILES string of the molecule is CCNC1CCN(c2cc(Cl)c(OC)cc2OC)C(C)C1. The number of benzene rings is 1. The van der Waals surface area contributed by atoms with Crippen molar-refractivity contribution in [2.24, 2.45) is 0 Å². The Morgan fingerprint density at radius 1 is 1.29 bits per heavy atom. The average molecular weight is 313 g/mol. The lowest BCUT2D eigenvalue weighted by Gasteiger charge is -2.40. The summed E-state index contributed by atoms with van der Waals surface area (Å²) in [4.78, 5) is 2.37. The lowest BCUT2D eigenvalue weighted by Crippen LogP contribution is -2.47. The molecule has 1 saturated heterocycles. The Labute approximate surface area is 132 Å². The van der Waals surface area contributed by atoms with Gasteiger partial charge in [-0.1, -0.05) is 18.5 Å². The Kier molecular flexibility index (Phi) is 5.59. The topological polar surface area (TPSA) is 33.7 Å². The second kappa shape index (κ2) is 7.23. The molecule has 0 bridgehead atoms. The highest BCUT2D eigenvalue weighted by Gasteiger charge is 2.27. The molecule has 1 aromatic rings. The quantitative estimate of drug-likeness (QED) is 0.904. The van der Waals surface area contributed by atoms with Crippen LogP contribution < -0.4 is 19.7 Å². The Morgan fingerprint density at radius 3 is 2.57 bits per heavy atom. The maximum absolute atomic E-state index is 6.28. The molecule has 5 heteroatoms. The number of nitrogens with one attached hydrogen (secondary N) is 1. The molecule has 21 heavy (non-hydrogen) atoms. The van der Waals surface area contributed by atoms with Gasteiger partial charge in [0.25, 0.3) is 0 Å². The van der Waals surface area contributed by atoms with Crippen molar-refractivity contribution in [3.8, 4) is 11.5 Å². The van der Waals surface area contributed by atoms with E-state index in [1.54, 1.807) is 14.2 Å².